The molecule has 0 heterocycles. The molecule has 4 heteroatoms. The molecule has 1 rings (SSSR count). The van der Waals surface area contributed by atoms with Crippen molar-refractivity contribution in [1.82, 2.24) is 4.72 Å². The largest absolute Gasteiger partial charge is 0.240 e. The topological polar surface area (TPSA) is 46.2 Å². The van der Waals surface area contributed by atoms with Crippen molar-refractivity contribution in [3.05, 3.63) is 30.3 Å². The molecule has 0 saturated carbocycles. The average molecular weight is 227 g/mol. The fourth-order valence-corrected chi connectivity index (χ4v) is 2.46. The Morgan fingerprint density at radius 3 is 2.07 bits per heavy atom. The van der Waals surface area contributed by atoms with Crippen molar-refractivity contribution < 1.29 is 8.42 Å². The molecule has 0 aromatic heterocycles. The minimum Gasteiger partial charge on any atom is -0.208 e. The number of rotatable bonds is 4. The summed E-state index contributed by atoms with van der Waals surface area (Å²) in [5, 5.41) is 0. The molecule has 0 radical (unpaired) electrons. The Labute approximate surface area is 91.6 Å². The summed E-state index contributed by atoms with van der Waals surface area (Å²) in [6.45, 7) is 5.83. The quantitative estimate of drug-likeness (QED) is 0.855. The molecule has 0 saturated heterocycles. The SMILES string of the molecule is CC(C)C(C)NS(=O)(=O)c1ccccc1. The molecule has 0 aliphatic rings. The maximum atomic E-state index is 11.8. The molecule has 0 aliphatic heterocycles. The first kappa shape index (κ1) is 12.2. The highest BCUT2D eigenvalue weighted by molar-refractivity contribution is 7.89. The van der Waals surface area contributed by atoms with Crippen LogP contribution in [0, 0.1) is 5.92 Å². The maximum absolute atomic E-state index is 11.8. The molecule has 1 aromatic carbocycles. The van der Waals surface area contributed by atoms with Crippen LogP contribution in [0.1, 0.15) is 20.8 Å². The summed E-state index contributed by atoms with van der Waals surface area (Å²) in [5.41, 5.74) is 0. The van der Waals surface area contributed by atoms with Crippen LogP contribution in [0.3, 0.4) is 0 Å². The van der Waals surface area contributed by atoms with Crippen molar-refractivity contribution in [2.75, 3.05) is 0 Å². The second kappa shape index (κ2) is 4.77. The molecule has 15 heavy (non-hydrogen) atoms. The van der Waals surface area contributed by atoms with Crippen LogP contribution in [0.2, 0.25) is 0 Å². The van der Waals surface area contributed by atoms with Gasteiger partial charge in [0.25, 0.3) is 0 Å². The Morgan fingerprint density at radius 1 is 1.07 bits per heavy atom. The molecule has 0 amide bonds. The van der Waals surface area contributed by atoms with Crippen LogP contribution in [0.15, 0.2) is 35.2 Å². The number of benzene rings is 1. The normalized spacial score (nSPS) is 14.1. The first-order chi connectivity index (χ1) is 6.93. The van der Waals surface area contributed by atoms with Gasteiger partial charge in [-0.05, 0) is 25.0 Å². The van der Waals surface area contributed by atoms with Gasteiger partial charge in [-0.3, -0.25) is 0 Å². The van der Waals surface area contributed by atoms with Crippen LogP contribution in [0.4, 0.5) is 0 Å². The van der Waals surface area contributed by atoms with Gasteiger partial charge in [-0.15, -0.1) is 0 Å². The van der Waals surface area contributed by atoms with E-state index in [9.17, 15) is 8.42 Å². The van der Waals surface area contributed by atoms with Crippen LogP contribution < -0.4 is 4.72 Å². The van der Waals surface area contributed by atoms with Gasteiger partial charge in [0.1, 0.15) is 0 Å². The van der Waals surface area contributed by atoms with E-state index >= 15 is 0 Å². The van der Waals surface area contributed by atoms with E-state index in [1.54, 1.807) is 30.3 Å². The Hall–Kier alpha value is -0.870. The second-order valence-electron chi connectivity index (χ2n) is 3.97. The highest BCUT2D eigenvalue weighted by Crippen LogP contribution is 2.10. The maximum Gasteiger partial charge on any atom is 0.240 e. The van der Waals surface area contributed by atoms with Gasteiger partial charge < -0.3 is 0 Å². The third-order valence-electron chi connectivity index (χ3n) is 2.39. The van der Waals surface area contributed by atoms with E-state index in [1.165, 1.54) is 0 Å². The molecule has 84 valence electrons. The van der Waals surface area contributed by atoms with Crippen molar-refractivity contribution in [3.63, 3.8) is 0 Å². The summed E-state index contributed by atoms with van der Waals surface area (Å²) in [6, 6.07) is 8.36. The smallest absolute Gasteiger partial charge is 0.208 e. The van der Waals surface area contributed by atoms with Gasteiger partial charge in [0.15, 0.2) is 0 Å². The van der Waals surface area contributed by atoms with E-state index < -0.39 is 10.0 Å². The Kier molecular flexibility index (Phi) is 3.88. The summed E-state index contributed by atoms with van der Waals surface area (Å²) in [6.07, 6.45) is 0. The third kappa shape index (κ3) is 3.32. The van der Waals surface area contributed by atoms with Crippen molar-refractivity contribution in [2.45, 2.75) is 31.7 Å². The number of hydrogen-bond acceptors (Lipinski definition) is 2. The van der Waals surface area contributed by atoms with Gasteiger partial charge in [0.05, 0.1) is 4.90 Å². The van der Waals surface area contributed by atoms with Gasteiger partial charge in [0, 0.05) is 6.04 Å². The number of sulfonamides is 1. The Balaban J connectivity index is 2.86. The zero-order valence-electron chi connectivity index (χ0n) is 9.27. The van der Waals surface area contributed by atoms with E-state index in [0.29, 0.717) is 4.90 Å². The highest BCUT2D eigenvalue weighted by atomic mass is 32.2. The van der Waals surface area contributed by atoms with Crippen LogP contribution >= 0.6 is 0 Å². The molecule has 1 N–H and O–H groups in total. The molecule has 3 nitrogen and oxygen atoms in total. The fraction of sp³-hybridized carbons (Fsp3) is 0.455. The summed E-state index contributed by atoms with van der Waals surface area (Å²) in [5.74, 6) is 0.281. The van der Waals surface area contributed by atoms with Crippen LogP contribution in [-0.4, -0.2) is 14.5 Å². The number of hydrogen-bond donors (Lipinski definition) is 1. The summed E-state index contributed by atoms with van der Waals surface area (Å²) < 4.78 is 26.3. The molecule has 1 unspecified atom stereocenters. The number of nitrogens with one attached hydrogen (secondary N) is 1. The average Bonchev–Trinajstić information content (AvgIpc) is 2.18. The molecule has 1 aromatic rings. The first-order valence-corrected chi connectivity index (χ1v) is 6.49. The Bertz CT molecular complexity index is 398. The van der Waals surface area contributed by atoms with E-state index in [4.69, 9.17) is 0 Å². The predicted molar refractivity (Wildman–Crippen MR) is 61.1 cm³/mol. The van der Waals surface area contributed by atoms with Crippen molar-refractivity contribution in [3.8, 4) is 0 Å². The standard InChI is InChI=1S/C11H17NO2S/c1-9(2)10(3)12-15(13,14)11-7-5-4-6-8-11/h4-10,12H,1-3H3. The molecule has 0 aliphatic carbocycles. The van der Waals surface area contributed by atoms with E-state index in [-0.39, 0.29) is 12.0 Å². The van der Waals surface area contributed by atoms with Gasteiger partial charge >= 0.3 is 0 Å². The van der Waals surface area contributed by atoms with Crippen molar-refractivity contribution >= 4 is 10.0 Å². The van der Waals surface area contributed by atoms with Gasteiger partial charge in [-0.1, -0.05) is 32.0 Å². The minimum absolute atomic E-state index is 0.0600. The minimum atomic E-state index is -3.35. The molecule has 1 atom stereocenters. The zero-order valence-corrected chi connectivity index (χ0v) is 10.1. The summed E-state index contributed by atoms with van der Waals surface area (Å²) in [7, 11) is -3.35. The lowest BCUT2D eigenvalue weighted by molar-refractivity contribution is 0.476. The third-order valence-corrected chi connectivity index (χ3v) is 3.97. The predicted octanol–water partition coefficient (Wildman–Crippen LogP) is 2.01. The van der Waals surface area contributed by atoms with Gasteiger partial charge in [0.2, 0.25) is 10.0 Å². The first-order valence-electron chi connectivity index (χ1n) is 5.01. The van der Waals surface area contributed by atoms with Crippen molar-refractivity contribution in [1.29, 1.82) is 0 Å². The lowest BCUT2D eigenvalue weighted by atomic mass is 10.1. The molecular weight excluding hydrogens is 210 g/mol. The van der Waals surface area contributed by atoms with E-state index in [1.807, 2.05) is 20.8 Å². The lowest BCUT2D eigenvalue weighted by Crippen LogP contribution is -2.36. The van der Waals surface area contributed by atoms with Crippen LogP contribution in [0.25, 0.3) is 0 Å². The molecular formula is C11H17NO2S. The molecule has 0 spiro atoms. The van der Waals surface area contributed by atoms with Crippen molar-refractivity contribution in [2.24, 2.45) is 5.92 Å². The van der Waals surface area contributed by atoms with E-state index in [2.05, 4.69) is 4.72 Å². The lowest BCUT2D eigenvalue weighted by Gasteiger charge is -2.17. The van der Waals surface area contributed by atoms with Crippen LogP contribution in [-0.2, 0) is 10.0 Å². The van der Waals surface area contributed by atoms with Gasteiger partial charge in [-0.2, -0.15) is 0 Å². The summed E-state index contributed by atoms with van der Waals surface area (Å²) >= 11 is 0. The van der Waals surface area contributed by atoms with Crippen LogP contribution in [0.5, 0.6) is 0 Å². The summed E-state index contributed by atoms with van der Waals surface area (Å²) in [4.78, 5) is 0.317. The van der Waals surface area contributed by atoms with E-state index in [0.717, 1.165) is 0 Å². The van der Waals surface area contributed by atoms with Gasteiger partial charge in [-0.25, -0.2) is 13.1 Å². The fourth-order valence-electron chi connectivity index (χ4n) is 1.05. The second-order valence-corrected chi connectivity index (χ2v) is 5.68. The monoisotopic (exact) mass is 227 g/mol. The highest BCUT2D eigenvalue weighted by Gasteiger charge is 2.18. The zero-order chi connectivity index (χ0) is 11.5. The molecule has 0 bridgehead atoms. The molecule has 0 fully saturated rings. The Morgan fingerprint density at radius 2 is 1.60 bits per heavy atom.